The van der Waals surface area contributed by atoms with Crippen LogP contribution in [0.1, 0.15) is 0 Å². The third-order valence-electron chi connectivity index (χ3n) is 1.12. The SMILES string of the molecule is O=C([OH2+])CN(CP(=O)([O-])[O-])CP([O-])(O)=[OH+]. The van der Waals surface area contributed by atoms with E-state index in [9.17, 15) is 24.0 Å². The predicted octanol–water partition coefficient (Wildman–Crippen LogP) is -4.14. The lowest BCUT2D eigenvalue weighted by molar-refractivity contribution is -0.315. The topological polar surface area (TPSA) is 171 Å². The highest BCUT2D eigenvalue weighted by atomic mass is 31.2. The molecule has 0 aliphatic carbocycles. The fourth-order valence-electron chi connectivity index (χ4n) is 0.853. The summed E-state index contributed by atoms with van der Waals surface area (Å²) in [5.41, 5.74) is 0. The standard InChI is InChI=1S/C4H11NO8P2/c6-4(7)1-5(2-14(8,9)10)3-15(11,12)13/h1-3H2,(H,6,7)(H2,8,9,10)(H2,11,12,13)/p-1. The van der Waals surface area contributed by atoms with E-state index in [1.165, 1.54) is 0 Å². The van der Waals surface area contributed by atoms with Crippen LogP contribution in [0, 0.1) is 0 Å². The van der Waals surface area contributed by atoms with E-state index >= 15 is 0 Å². The molecule has 0 aromatic heterocycles. The minimum Gasteiger partial charge on any atom is -0.810 e. The smallest absolute Gasteiger partial charge is 0.530 e. The summed E-state index contributed by atoms with van der Waals surface area (Å²) >= 11 is 0. The van der Waals surface area contributed by atoms with Gasteiger partial charge in [0.05, 0.1) is 0 Å². The van der Waals surface area contributed by atoms with Gasteiger partial charge < -0.3 is 33.8 Å². The largest absolute Gasteiger partial charge is 0.810 e. The highest BCUT2D eigenvalue weighted by Gasteiger charge is 2.22. The van der Waals surface area contributed by atoms with Crippen molar-refractivity contribution in [3.05, 3.63) is 0 Å². The molecule has 0 bridgehead atoms. The van der Waals surface area contributed by atoms with E-state index < -0.39 is 40.3 Å². The molecule has 0 aromatic rings. The molecule has 9 nitrogen and oxygen atoms in total. The van der Waals surface area contributed by atoms with Crippen molar-refractivity contribution in [1.82, 2.24) is 4.90 Å². The van der Waals surface area contributed by atoms with Gasteiger partial charge in [0.2, 0.25) is 0 Å². The van der Waals surface area contributed by atoms with E-state index in [2.05, 4.69) is 0 Å². The molecule has 0 aliphatic heterocycles. The van der Waals surface area contributed by atoms with Gasteiger partial charge in [-0.1, -0.05) is 7.60 Å². The number of hydrogen-bond acceptors (Lipinski definition) is 6. The van der Waals surface area contributed by atoms with Crippen molar-refractivity contribution in [3.8, 4) is 0 Å². The quantitative estimate of drug-likeness (QED) is 0.373. The second-order valence-corrected chi connectivity index (χ2v) is 5.93. The zero-order valence-electron chi connectivity index (χ0n) is 7.40. The molecule has 0 rings (SSSR count). The average molecular weight is 262 g/mol. The Balaban J connectivity index is 4.53. The zero-order valence-corrected chi connectivity index (χ0v) is 9.19. The van der Waals surface area contributed by atoms with E-state index in [-0.39, 0.29) is 0 Å². The van der Waals surface area contributed by atoms with Crippen LogP contribution in [-0.2, 0) is 9.36 Å². The molecule has 0 aromatic carbocycles. The van der Waals surface area contributed by atoms with Crippen molar-refractivity contribution in [3.63, 3.8) is 0 Å². The van der Waals surface area contributed by atoms with Crippen LogP contribution in [0.2, 0.25) is 0 Å². The maximum Gasteiger partial charge on any atom is 0.530 e. The molecule has 0 saturated carbocycles. The monoisotopic (exact) mass is 262 g/mol. The van der Waals surface area contributed by atoms with Gasteiger partial charge in [0, 0.05) is 11.1 Å². The molecule has 0 spiro atoms. The Bertz CT molecular complexity index is 293. The molecule has 1 atom stereocenters. The van der Waals surface area contributed by atoms with Crippen molar-refractivity contribution < 1.29 is 38.6 Å². The molecule has 0 saturated heterocycles. The van der Waals surface area contributed by atoms with E-state index in [1.54, 1.807) is 0 Å². The Kier molecular flexibility index (Phi) is 5.08. The molecule has 4 N–H and O–H groups in total. The van der Waals surface area contributed by atoms with E-state index in [1.807, 2.05) is 0 Å². The van der Waals surface area contributed by atoms with Gasteiger partial charge in [-0.05, 0) is 0 Å². The van der Waals surface area contributed by atoms with Crippen LogP contribution in [-0.4, -0.2) is 44.6 Å². The molecular formula is C4H10NO8P2-. The Morgan fingerprint density at radius 2 is 1.87 bits per heavy atom. The fourth-order valence-corrected chi connectivity index (χ4v) is 2.42. The van der Waals surface area contributed by atoms with Crippen LogP contribution >= 0.6 is 15.2 Å². The van der Waals surface area contributed by atoms with Crippen LogP contribution < -0.4 is 14.7 Å². The highest BCUT2D eigenvalue weighted by Crippen LogP contribution is 2.32. The lowest BCUT2D eigenvalue weighted by Crippen LogP contribution is -2.37. The molecule has 1 unspecified atom stereocenters. The fraction of sp³-hybridized carbons (Fsp3) is 0.750. The first-order valence-electron chi connectivity index (χ1n) is 3.52. The van der Waals surface area contributed by atoms with Gasteiger partial charge in [-0.2, -0.15) is 0 Å². The summed E-state index contributed by atoms with van der Waals surface area (Å²) in [6.07, 6.45) is -2.24. The lowest BCUT2D eigenvalue weighted by atomic mass is 10.6. The third kappa shape index (κ3) is 10.0. The summed E-state index contributed by atoms with van der Waals surface area (Å²) in [5, 5.41) is 6.50. The maximum absolute atomic E-state index is 10.5. The summed E-state index contributed by atoms with van der Waals surface area (Å²) in [5.74, 6) is -1.24. The zero-order chi connectivity index (χ0) is 12.3. The Labute approximate surface area is 84.7 Å². The van der Waals surface area contributed by atoms with Gasteiger partial charge in [-0.3, -0.25) is 4.90 Å². The second kappa shape index (κ2) is 5.18. The molecule has 0 aliphatic rings. The summed E-state index contributed by atoms with van der Waals surface area (Å²) < 4.78 is 18.8. The Morgan fingerprint density at radius 1 is 1.40 bits per heavy atom. The van der Waals surface area contributed by atoms with Gasteiger partial charge >= 0.3 is 13.6 Å². The summed E-state index contributed by atoms with van der Waals surface area (Å²) in [6, 6.07) is 0. The number of nitrogens with zero attached hydrogens (tertiary/aromatic N) is 1. The molecule has 0 radical (unpaired) electrons. The highest BCUT2D eigenvalue weighted by molar-refractivity contribution is 7.50. The molecule has 0 amide bonds. The normalized spacial score (nSPS) is 16.3. The Morgan fingerprint density at radius 3 is 2.13 bits per heavy atom. The van der Waals surface area contributed by atoms with Gasteiger partial charge in [-0.15, -0.1) is 0 Å². The summed E-state index contributed by atoms with van der Waals surface area (Å²) in [4.78, 5) is 50.4. The molecular weight excluding hydrogens is 252 g/mol. The minimum atomic E-state index is -5.02. The number of carbonyl (C=O) groups excluding carboxylic acids is 1. The van der Waals surface area contributed by atoms with Crippen molar-refractivity contribution in [1.29, 1.82) is 0 Å². The first-order chi connectivity index (χ1) is 6.49. The van der Waals surface area contributed by atoms with Crippen LogP contribution in [0.3, 0.4) is 0 Å². The van der Waals surface area contributed by atoms with Crippen LogP contribution in [0.15, 0.2) is 0 Å². The molecule has 0 heterocycles. The minimum absolute atomic E-state index is 0.427. The number of rotatable bonds is 6. The lowest BCUT2D eigenvalue weighted by Gasteiger charge is -2.34. The van der Waals surface area contributed by atoms with Crippen LogP contribution in [0.4, 0.5) is 0 Å². The predicted molar refractivity (Wildman–Crippen MR) is 43.7 cm³/mol. The first-order valence-corrected chi connectivity index (χ1v) is 7.04. The number of hydrogen-bond donors (Lipinski definition) is 1. The average Bonchev–Trinajstić information content (AvgIpc) is 1.73. The maximum atomic E-state index is 10.5. The van der Waals surface area contributed by atoms with E-state index in [4.69, 9.17) is 14.6 Å². The van der Waals surface area contributed by atoms with Gasteiger partial charge in [0.1, 0.15) is 6.29 Å². The Hall–Kier alpha value is -0.270. The van der Waals surface area contributed by atoms with Gasteiger partial charge in [0.15, 0.2) is 6.54 Å². The van der Waals surface area contributed by atoms with Crippen LogP contribution in [0.5, 0.6) is 0 Å². The molecule has 0 fully saturated rings. The van der Waals surface area contributed by atoms with Gasteiger partial charge in [0.25, 0.3) is 0 Å². The van der Waals surface area contributed by atoms with Crippen LogP contribution in [0.25, 0.3) is 0 Å². The second-order valence-electron chi connectivity index (χ2n) is 2.81. The van der Waals surface area contributed by atoms with E-state index in [0.717, 1.165) is 0 Å². The number of carbonyl (C=O) groups is 1. The third-order valence-corrected chi connectivity index (χ3v) is 2.64. The molecule has 90 valence electrons. The van der Waals surface area contributed by atoms with Gasteiger partial charge in [-0.25, -0.2) is 0 Å². The molecule has 11 heteroatoms. The van der Waals surface area contributed by atoms with E-state index in [0.29, 0.717) is 4.90 Å². The van der Waals surface area contributed by atoms with Crippen molar-refractivity contribution in [2.75, 3.05) is 19.1 Å². The molecule has 15 heavy (non-hydrogen) atoms. The summed E-state index contributed by atoms with van der Waals surface area (Å²) in [7, 11) is -9.59. The van der Waals surface area contributed by atoms with Crippen molar-refractivity contribution >= 4 is 21.2 Å². The first kappa shape index (κ1) is 14.7. The van der Waals surface area contributed by atoms with Crippen molar-refractivity contribution in [2.24, 2.45) is 0 Å². The summed E-state index contributed by atoms with van der Waals surface area (Å²) in [6.45, 7) is -0.820. The van der Waals surface area contributed by atoms with Crippen molar-refractivity contribution in [2.45, 2.75) is 0 Å².